The number of anilines is 4. The predicted octanol–water partition coefficient (Wildman–Crippen LogP) is -4.06. The fraction of sp³-hybridized carbons (Fsp3) is 0. The normalized spacial score (nSPS) is 17.9. The van der Waals surface area contributed by atoms with E-state index in [0.29, 0.717) is 0 Å². The topological polar surface area (TPSA) is 340 Å². The van der Waals surface area contributed by atoms with Crippen molar-refractivity contribution in [3.05, 3.63) is 118 Å². The summed E-state index contributed by atoms with van der Waals surface area (Å²) in [5.74, 6) is -2.81. The first-order chi connectivity index (χ1) is 25.9. The van der Waals surface area contributed by atoms with Gasteiger partial charge in [-0.05, 0) is 72.8 Å². The van der Waals surface area contributed by atoms with Crippen LogP contribution in [0.1, 0.15) is 41.4 Å². The number of carbonyl (C=O) groups is 4. The molecule has 6 N–H and O–H groups in total. The molecule has 0 aromatic heterocycles. The van der Waals surface area contributed by atoms with Gasteiger partial charge in [0, 0.05) is 22.3 Å². The molecule has 26 heteroatoms. The summed E-state index contributed by atoms with van der Waals surface area (Å²) in [6.45, 7) is 0. The van der Waals surface area contributed by atoms with E-state index >= 15 is 0 Å². The molecule has 0 atom stereocenters. The molecule has 4 aliphatic heterocycles. The van der Waals surface area contributed by atoms with Crippen molar-refractivity contribution in [2.24, 2.45) is 0 Å². The second-order valence-corrected chi connectivity index (χ2v) is 17.6. The van der Waals surface area contributed by atoms with Crippen molar-refractivity contribution in [1.29, 1.82) is 0 Å². The Kier molecular flexibility index (Phi) is 12.0. The Hall–Kier alpha value is -4.12. The number of hydrogen-bond donors (Lipinski definition) is 6. The number of ketones is 4. The van der Waals surface area contributed by atoms with E-state index in [4.69, 9.17) is 9.11 Å². The standard InChI is InChI=1S/2C16H10N2O8S2.2Na/c2*19-15-9-5-7(27(21,22)23)1-3-11(9)17-13(15)14-16(20)10-6-8(28(24,25)26)2-4-12(10)18-14;;/h2*1-6,17-18H,(H,21,22,23)(H,24,25,26);;/q;;2*+1/p-2. The van der Waals surface area contributed by atoms with E-state index in [1.165, 1.54) is 24.3 Å². The van der Waals surface area contributed by atoms with Crippen molar-refractivity contribution in [2.45, 2.75) is 19.6 Å². The fourth-order valence-electron chi connectivity index (χ4n) is 5.92. The van der Waals surface area contributed by atoms with E-state index < -0.39 is 83.2 Å². The van der Waals surface area contributed by atoms with Gasteiger partial charge in [0.05, 0.1) is 42.3 Å². The SMILES string of the molecule is O=C1C(=C2Nc3ccc(S(=O)(=O)O)cc3C2=O)Nc2ccc(S(=O)(=O)[O-])cc21.O=C1C(=C2Nc3ccc(S(=O)(=O)O)cc3C2=O)Nc2ccc(S(=O)(=O)[O-])cc21.[Na+].[Na+]. The summed E-state index contributed by atoms with van der Waals surface area (Å²) < 4.78 is 130. The van der Waals surface area contributed by atoms with Crippen molar-refractivity contribution < 1.29 is 130 Å². The first-order valence-corrected chi connectivity index (χ1v) is 20.8. The van der Waals surface area contributed by atoms with Gasteiger partial charge in [-0.25, -0.2) is 16.8 Å². The number of Topliss-reactive ketones (excluding diaryl/α,β-unsaturated/α-hetero) is 4. The Labute approximate surface area is 371 Å². The summed E-state index contributed by atoms with van der Waals surface area (Å²) >= 11 is 0. The average molecular weight is 889 g/mol. The van der Waals surface area contributed by atoms with E-state index in [0.717, 1.165) is 48.5 Å². The van der Waals surface area contributed by atoms with Crippen LogP contribution in [0.2, 0.25) is 0 Å². The van der Waals surface area contributed by atoms with Crippen LogP contribution in [0.15, 0.2) is 115 Å². The number of benzene rings is 4. The van der Waals surface area contributed by atoms with Crippen molar-refractivity contribution in [3.8, 4) is 0 Å². The predicted molar refractivity (Wildman–Crippen MR) is 187 cm³/mol. The molecule has 0 unspecified atom stereocenters. The summed E-state index contributed by atoms with van der Waals surface area (Å²) in [6.07, 6.45) is 0. The fourth-order valence-corrected chi connectivity index (χ4v) is 7.93. The van der Waals surface area contributed by atoms with Crippen LogP contribution in [0.5, 0.6) is 0 Å². The van der Waals surface area contributed by atoms with Gasteiger partial charge in [-0.15, -0.1) is 0 Å². The molecule has 0 amide bonds. The molecule has 0 saturated carbocycles. The Morgan fingerprint density at radius 1 is 0.379 bits per heavy atom. The molecular formula is C32H18N4Na2O16S4. The van der Waals surface area contributed by atoms with Gasteiger partial charge in [0.15, 0.2) is 0 Å². The molecule has 0 saturated heterocycles. The Bertz CT molecular complexity index is 2700. The molecule has 58 heavy (non-hydrogen) atoms. The molecule has 0 radical (unpaired) electrons. The number of allylic oxidation sites excluding steroid dienone is 4. The van der Waals surface area contributed by atoms with Crippen LogP contribution >= 0.6 is 0 Å². The van der Waals surface area contributed by atoms with Gasteiger partial charge < -0.3 is 30.4 Å². The van der Waals surface area contributed by atoms with Gasteiger partial charge in [0.1, 0.15) is 43.0 Å². The maximum Gasteiger partial charge on any atom is 1.00 e. The second-order valence-electron chi connectivity index (χ2n) is 12.0. The van der Waals surface area contributed by atoms with Gasteiger partial charge in [-0.2, -0.15) is 16.8 Å². The molecular weight excluding hydrogens is 871 g/mol. The number of carbonyl (C=O) groups excluding carboxylic acids is 4. The second kappa shape index (κ2) is 15.5. The van der Waals surface area contributed by atoms with Gasteiger partial charge >= 0.3 is 59.1 Å². The quantitative estimate of drug-likeness (QED) is 0.0645. The van der Waals surface area contributed by atoms with Gasteiger partial charge in [-0.3, -0.25) is 28.3 Å². The third kappa shape index (κ3) is 8.21. The Morgan fingerprint density at radius 3 is 0.793 bits per heavy atom. The number of fused-ring (bicyclic) bond motifs is 4. The molecule has 288 valence electrons. The van der Waals surface area contributed by atoms with E-state index in [1.807, 2.05) is 0 Å². The van der Waals surface area contributed by atoms with Gasteiger partial charge in [-0.1, -0.05) is 0 Å². The molecule has 4 aromatic rings. The van der Waals surface area contributed by atoms with Crippen molar-refractivity contribution in [2.75, 3.05) is 21.3 Å². The summed E-state index contributed by atoms with van der Waals surface area (Å²) in [5.41, 5.74) is -0.125. The van der Waals surface area contributed by atoms with E-state index in [1.54, 1.807) is 0 Å². The molecule has 20 nitrogen and oxygen atoms in total. The summed E-state index contributed by atoms with van der Waals surface area (Å²) in [7, 11) is -18.6. The molecule has 4 heterocycles. The van der Waals surface area contributed by atoms with Crippen LogP contribution in [-0.2, 0) is 40.5 Å². The first kappa shape index (κ1) is 45.0. The average Bonchev–Trinajstić information content (AvgIpc) is 3.83. The number of rotatable bonds is 4. The van der Waals surface area contributed by atoms with Crippen molar-refractivity contribution >= 4 is 86.4 Å². The number of hydrogen-bond acceptors (Lipinski definition) is 18. The largest absolute Gasteiger partial charge is 1.00 e. The Balaban J connectivity index is 0.000000214. The van der Waals surface area contributed by atoms with Gasteiger partial charge in [0.25, 0.3) is 20.2 Å². The van der Waals surface area contributed by atoms with E-state index in [-0.39, 0.29) is 127 Å². The molecule has 8 rings (SSSR count). The minimum absolute atomic E-state index is 0. The summed E-state index contributed by atoms with van der Waals surface area (Å²) in [5, 5.41) is 10.8. The minimum Gasteiger partial charge on any atom is -0.744 e. The first-order valence-electron chi connectivity index (χ1n) is 15.1. The van der Waals surface area contributed by atoms with Crippen LogP contribution in [0.3, 0.4) is 0 Å². The summed E-state index contributed by atoms with van der Waals surface area (Å²) in [4.78, 5) is 48.5. The zero-order chi connectivity index (χ0) is 40.9. The smallest absolute Gasteiger partial charge is 0.744 e. The minimum atomic E-state index is -4.77. The van der Waals surface area contributed by atoms with Crippen LogP contribution < -0.4 is 80.4 Å². The van der Waals surface area contributed by atoms with Crippen LogP contribution in [0, 0.1) is 0 Å². The third-order valence-corrected chi connectivity index (χ3v) is 11.9. The number of nitrogens with one attached hydrogen (secondary N) is 4. The van der Waals surface area contributed by atoms with Crippen LogP contribution in [-0.4, -0.2) is 75.0 Å². The molecule has 0 aliphatic carbocycles. The summed E-state index contributed by atoms with van der Waals surface area (Å²) in [6, 6.07) is 13.0. The van der Waals surface area contributed by atoms with Crippen molar-refractivity contribution in [1.82, 2.24) is 0 Å². The monoisotopic (exact) mass is 888 g/mol. The zero-order valence-electron chi connectivity index (χ0n) is 29.2. The Morgan fingerprint density at radius 2 is 0.586 bits per heavy atom. The zero-order valence-corrected chi connectivity index (χ0v) is 36.4. The van der Waals surface area contributed by atoms with Crippen molar-refractivity contribution in [3.63, 3.8) is 0 Å². The molecule has 0 spiro atoms. The van der Waals surface area contributed by atoms with E-state index in [2.05, 4.69) is 21.3 Å². The van der Waals surface area contributed by atoms with Crippen LogP contribution in [0.4, 0.5) is 22.7 Å². The maximum atomic E-state index is 12.7. The maximum absolute atomic E-state index is 12.7. The van der Waals surface area contributed by atoms with Crippen LogP contribution in [0.25, 0.3) is 0 Å². The molecule has 4 aromatic carbocycles. The third-order valence-electron chi connectivity index (χ3n) is 8.56. The van der Waals surface area contributed by atoms with Gasteiger partial charge in [0.2, 0.25) is 23.1 Å². The van der Waals surface area contributed by atoms with E-state index in [9.17, 15) is 62.0 Å². The molecule has 4 aliphatic rings. The molecule has 0 bridgehead atoms. The molecule has 0 fully saturated rings.